The summed E-state index contributed by atoms with van der Waals surface area (Å²) in [5.41, 5.74) is 2.87. The third-order valence-electron chi connectivity index (χ3n) is 5.05. The number of fused-ring (bicyclic) bond motifs is 1. The van der Waals surface area contributed by atoms with Gasteiger partial charge in [0.05, 0.1) is 7.11 Å². The lowest BCUT2D eigenvalue weighted by atomic mass is 9.96. The summed E-state index contributed by atoms with van der Waals surface area (Å²) in [6.45, 7) is 1.46. The number of aromatic amines is 1. The predicted molar refractivity (Wildman–Crippen MR) is 89.3 cm³/mol. The first-order chi connectivity index (χ1) is 11.8. The van der Waals surface area contributed by atoms with Gasteiger partial charge in [-0.25, -0.2) is 9.97 Å². The fourth-order valence-corrected chi connectivity index (χ4v) is 3.82. The number of hydrogen-bond donors (Lipinski definition) is 1. The maximum Gasteiger partial charge on any atom is 0.259 e. The molecule has 3 heterocycles. The number of piperidine rings is 1. The predicted octanol–water partition coefficient (Wildman–Crippen LogP) is 2.32. The molecule has 126 valence electrons. The average Bonchev–Trinajstić information content (AvgIpc) is 3.31. The van der Waals surface area contributed by atoms with Gasteiger partial charge in [-0.2, -0.15) is 0 Å². The van der Waals surface area contributed by atoms with E-state index in [-0.39, 0.29) is 11.8 Å². The number of nitrogens with one attached hydrogen (secondary N) is 1. The highest BCUT2D eigenvalue weighted by molar-refractivity contribution is 5.96. The van der Waals surface area contributed by atoms with Crippen LogP contribution in [0.25, 0.3) is 0 Å². The van der Waals surface area contributed by atoms with Gasteiger partial charge in [0.25, 0.3) is 5.91 Å². The van der Waals surface area contributed by atoms with E-state index in [2.05, 4.69) is 15.0 Å². The Morgan fingerprint density at radius 1 is 1.38 bits per heavy atom. The van der Waals surface area contributed by atoms with E-state index in [4.69, 9.17) is 4.74 Å². The number of imidazole rings is 1. The molecule has 2 aromatic rings. The Morgan fingerprint density at radius 2 is 2.29 bits per heavy atom. The van der Waals surface area contributed by atoms with E-state index < -0.39 is 0 Å². The molecule has 2 aromatic heterocycles. The summed E-state index contributed by atoms with van der Waals surface area (Å²) in [4.78, 5) is 27.1. The van der Waals surface area contributed by atoms with Crippen molar-refractivity contribution in [3.05, 3.63) is 41.1 Å². The molecule has 6 heteroatoms. The second kappa shape index (κ2) is 6.26. The van der Waals surface area contributed by atoms with Crippen LogP contribution in [0.15, 0.2) is 18.5 Å². The van der Waals surface area contributed by atoms with Crippen LogP contribution in [0, 0.1) is 0 Å². The fraction of sp³-hybridized carbons (Fsp3) is 0.500. The van der Waals surface area contributed by atoms with E-state index >= 15 is 0 Å². The van der Waals surface area contributed by atoms with Gasteiger partial charge < -0.3 is 14.6 Å². The maximum atomic E-state index is 13.1. The Balaban J connectivity index is 1.59. The largest absolute Gasteiger partial charge is 0.480 e. The van der Waals surface area contributed by atoms with Crippen LogP contribution in [0.1, 0.15) is 52.6 Å². The summed E-state index contributed by atoms with van der Waals surface area (Å²) in [7, 11) is 1.59. The van der Waals surface area contributed by atoms with Crippen LogP contribution in [0.5, 0.6) is 5.88 Å². The van der Waals surface area contributed by atoms with Crippen molar-refractivity contribution in [3.63, 3.8) is 0 Å². The minimum absolute atomic E-state index is 0.0188. The van der Waals surface area contributed by atoms with Crippen LogP contribution in [-0.2, 0) is 12.8 Å². The SMILES string of the molecule is COc1nc2c(cc1C(=O)N1CCCC(c3ncc[nH]3)C1)CCC2. The minimum atomic E-state index is 0.0188. The summed E-state index contributed by atoms with van der Waals surface area (Å²) in [6.07, 6.45) is 8.72. The molecule has 0 radical (unpaired) electrons. The number of nitrogens with zero attached hydrogens (tertiary/aromatic N) is 3. The number of methoxy groups -OCH3 is 1. The van der Waals surface area contributed by atoms with Gasteiger partial charge in [0.15, 0.2) is 0 Å². The number of ether oxygens (including phenoxy) is 1. The number of carbonyl (C=O) groups is 1. The van der Waals surface area contributed by atoms with Crippen LogP contribution in [0.3, 0.4) is 0 Å². The van der Waals surface area contributed by atoms with Gasteiger partial charge in [0, 0.05) is 37.1 Å². The van der Waals surface area contributed by atoms with Gasteiger partial charge in [0.1, 0.15) is 11.4 Å². The molecule has 1 saturated heterocycles. The molecule has 0 saturated carbocycles. The fourth-order valence-electron chi connectivity index (χ4n) is 3.82. The van der Waals surface area contributed by atoms with E-state index in [9.17, 15) is 4.79 Å². The van der Waals surface area contributed by atoms with Gasteiger partial charge >= 0.3 is 0 Å². The molecule has 1 fully saturated rings. The summed E-state index contributed by atoms with van der Waals surface area (Å²) in [6, 6.07) is 1.99. The van der Waals surface area contributed by atoms with Crippen LogP contribution < -0.4 is 4.74 Å². The number of hydrogen-bond acceptors (Lipinski definition) is 4. The van der Waals surface area contributed by atoms with Crippen molar-refractivity contribution in [2.75, 3.05) is 20.2 Å². The monoisotopic (exact) mass is 326 g/mol. The molecular formula is C18H22N4O2. The first-order valence-corrected chi connectivity index (χ1v) is 8.61. The Labute approximate surface area is 141 Å². The van der Waals surface area contributed by atoms with E-state index in [1.54, 1.807) is 13.3 Å². The number of rotatable bonds is 3. The molecule has 0 aromatic carbocycles. The lowest BCUT2D eigenvalue weighted by Crippen LogP contribution is -2.39. The van der Waals surface area contributed by atoms with Gasteiger partial charge in [-0.3, -0.25) is 4.79 Å². The molecule has 1 atom stereocenters. The summed E-state index contributed by atoms with van der Waals surface area (Å²) < 4.78 is 5.40. The van der Waals surface area contributed by atoms with Crippen molar-refractivity contribution in [3.8, 4) is 5.88 Å². The third-order valence-corrected chi connectivity index (χ3v) is 5.05. The Morgan fingerprint density at radius 3 is 3.08 bits per heavy atom. The summed E-state index contributed by atoms with van der Waals surface area (Å²) >= 11 is 0. The van der Waals surface area contributed by atoms with Crippen molar-refractivity contribution in [2.24, 2.45) is 0 Å². The van der Waals surface area contributed by atoms with Gasteiger partial charge in [-0.1, -0.05) is 0 Å². The van der Waals surface area contributed by atoms with Crippen molar-refractivity contribution in [1.82, 2.24) is 19.9 Å². The molecule has 6 nitrogen and oxygen atoms in total. The molecule has 1 amide bonds. The van der Waals surface area contributed by atoms with E-state index in [1.807, 2.05) is 17.2 Å². The quantitative estimate of drug-likeness (QED) is 0.939. The first kappa shape index (κ1) is 15.2. The standard InChI is InChI=1S/C18H22N4O2/c1-24-17-14(10-12-4-2-6-15(12)21-17)18(23)22-9-3-5-13(11-22)16-19-7-8-20-16/h7-8,10,13H,2-6,9,11H2,1H3,(H,19,20). The van der Waals surface area contributed by atoms with Crippen LogP contribution in [0.2, 0.25) is 0 Å². The highest BCUT2D eigenvalue weighted by atomic mass is 16.5. The number of amides is 1. The molecule has 1 aliphatic heterocycles. The van der Waals surface area contributed by atoms with E-state index in [1.165, 1.54) is 5.56 Å². The van der Waals surface area contributed by atoms with Gasteiger partial charge in [-0.05, 0) is 43.7 Å². The summed E-state index contributed by atoms with van der Waals surface area (Å²) in [5, 5.41) is 0. The number of aryl methyl sites for hydroxylation is 2. The van der Waals surface area contributed by atoms with Crippen LogP contribution in [-0.4, -0.2) is 46.0 Å². The molecule has 2 aliphatic rings. The Kier molecular flexibility index (Phi) is 3.96. The van der Waals surface area contributed by atoms with Crippen LogP contribution >= 0.6 is 0 Å². The number of carbonyl (C=O) groups excluding carboxylic acids is 1. The molecule has 4 rings (SSSR count). The Hall–Kier alpha value is -2.37. The van der Waals surface area contributed by atoms with Crippen molar-refractivity contribution in [1.29, 1.82) is 0 Å². The number of aromatic nitrogens is 3. The second-order valence-corrected chi connectivity index (χ2v) is 6.57. The average molecular weight is 326 g/mol. The first-order valence-electron chi connectivity index (χ1n) is 8.61. The normalized spacial score (nSPS) is 20.0. The van der Waals surface area contributed by atoms with Crippen molar-refractivity contribution < 1.29 is 9.53 Å². The lowest BCUT2D eigenvalue weighted by molar-refractivity contribution is 0.0700. The minimum Gasteiger partial charge on any atom is -0.480 e. The molecule has 1 unspecified atom stereocenters. The highest BCUT2D eigenvalue weighted by Crippen LogP contribution is 2.30. The van der Waals surface area contributed by atoms with E-state index in [0.29, 0.717) is 18.0 Å². The van der Waals surface area contributed by atoms with Crippen molar-refractivity contribution in [2.45, 2.75) is 38.0 Å². The zero-order valence-corrected chi connectivity index (χ0v) is 13.9. The molecule has 1 N–H and O–H groups in total. The van der Waals surface area contributed by atoms with E-state index in [0.717, 1.165) is 50.2 Å². The summed E-state index contributed by atoms with van der Waals surface area (Å²) in [5.74, 6) is 1.71. The number of H-pyrrole nitrogens is 1. The highest BCUT2D eigenvalue weighted by Gasteiger charge is 2.29. The lowest BCUT2D eigenvalue weighted by Gasteiger charge is -2.32. The van der Waals surface area contributed by atoms with Gasteiger partial charge in [0.2, 0.25) is 5.88 Å². The zero-order chi connectivity index (χ0) is 16.5. The smallest absolute Gasteiger partial charge is 0.259 e. The maximum absolute atomic E-state index is 13.1. The number of likely N-dealkylation sites (tertiary alicyclic amines) is 1. The molecular weight excluding hydrogens is 304 g/mol. The zero-order valence-electron chi connectivity index (χ0n) is 13.9. The van der Waals surface area contributed by atoms with Crippen LogP contribution in [0.4, 0.5) is 0 Å². The van der Waals surface area contributed by atoms with Gasteiger partial charge in [-0.15, -0.1) is 0 Å². The Bertz CT molecular complexity index is 742. The molecule has 0 bridgehead atoms. The molecule has 24 heavy (non-hydrogen) atoms. The number of pyridine rings is 1. The molecule has 0 spiro atoms. The third kappa shape index (κ3) is 2.66. The second-order valence-electron chi connectivity index (χ2n) is 6.57. The molecule has 1 aliphatic carbocycles. The van der Waals surface area contributed by atoms with Crippen molar-refractivity contribution >= 4 is 5.91 Å². The topological polar surface area (TPSA) is 71.1 Å².